The Kier molecular flexibility index (Phi) is 5.28. The van der Waals surface area contributed by atoms with Crippen LogP contribution in [0.5, 0.6) is 0 Å². The quantitative estimate of drug-likeness (QED) is 0.816. The molecule has 25 heavy (non-hydrogen) atoms. The molecule has 3 rings (SSSR count). The van der Waals surface area contributed by atoms with Gasteiger partial charge >= 0.3 is 0 Å². The molecule has 0 aliphatic carbocycles. The van der Waals surface area contributed by atoms with E-state index >= 15 is 0 Å². The van der Waals surface area contributed by atoms with Gasteiger partial charge in [-0.15, -0.1) is 0 Å². The van der Waals surface area contributed by atoms with Crippen LogP contribution < -0.4 is 10.9 Å². The number of fused-ring (bicyclic) bond motifs is 1. The average molecular weight is 340 g/mol. The number of rotatable bonds is 5. The molecule has 1 saturated heterocycles. The van der Waals surface area contributed by atoms with Crippen molar-refractivity contribution in [2.24, 2.45) is 5.92 Å². The largest absolute Gasteiger partial charge is 0.350 e. The van der Waals surface area contributed by atoms with Crippen LogP contribution >= 0.6 is 0 Å². The first-order valence-corrected chi connectivity index (χ1v) is 8.68. The number of hydrogen-bond acceptors (Lipinski definition) is 4. The number of aromatic amines is 1. The Morgan fingerprint density at radius 1 is 1.40 bits per heavy atom. The van der Waals surface area contributed by atoms with E-state index in [1.807, 2.05) is 0 Å². The Morgan fingerprint density at radius 3 is 2.92 bits per heavy atom. The van der Waals surface area contributed by atoms with E-state index < -0.39 is 0 Å². The molecule has 1 unspecified atom stereocenters. The van der Waals surface area contributed by atoms with E-state index in [4.69, 9.17) is 0 Å². The van der Waals surface area contributed by atoms with Gasteiger partial charge in [0.2, 0.25) is 0 Å². The molecular formula is C19H24N4O2. The highest BCUT2D eigenvalue weighted by molar-refractivity contribution is 6.04. The van der Waals surface area contributed by atoms with Gasteiger partial charge in [0, 0.05) is 25.0 Å². The number of nitrogens with zero attached hydrogens (tertiary/aromatic N) is 2. The molecule has 1 fully saturated rings. The molecule has 1 atom stereocenters. The highest BCUT2D eigenvalue weighted by Gasteiger charge is 2.23. The van der Waals surface area contributed by atoms with Crippen molar-refractivity contribution in [3.63, 3.8) is 0 Å². The van der Waals surface area contributed by atoms with E-state index in [0.717, 1.165) is 26.1 Å². The lowest BCUT2D eigenvalue weighted by Gasteiger charge is -2.16. The molecule has 0 radical (unpaired) electrons. The van der Waals surface area contributed by atoms with Crippen LogP contribution in [0.2, 0.25) is 0 Å². The minimum Gasteiger partial charge on any atom is -0.350 e. The molecule has 0 saturated carbocycles. The third-order valence-corrected chi connectivity index (χ3v) is 4.80. The smallest absolute Gasteiger partial charge is 0.272 e. The predicted octanol–water partition coefficient (Wildman–Crippen LogP) is 1.94. The lowest BCUT2D eigenvalue weighted by atomic mass is 10.1. The predicted molar refractivity (Wildman–Crippen MR) is 98.7 cm³/mol. The van der Waals surface area contributed by atoms with Crippen molar-refractivity contribution in [3.8, 4) is 0 Å². The maximum Gasteiger partial charge on any atom is 0.272 e. The maximum atomic E-state index is 12.5. The molecule has 6 nitrogen and oxygen atoms in total. The first-order valence-electron chi connectivity index (χ1n) is 8.68. The second kappa shape index (κ2) is 7.61. The Morgan fingerprint density at radius 2 is 2.16 bits per heavy atom. The maximum absolute atomic E-state index is 12.5. The summed E-state index contributed by atoms with van der Waals surface area (Å²) >= 11 is 0. The minimum absolute atomic E-state index is 0.240. The fourth-order valence-corrected chi connectivity index (χ4v) is 3.28. The van der Waals surface area contributed by atoms with Crippen molar-refractivity contribution in [2.45, 2.75) is 20.3 Å². The van der Waals surface area contributed by atoms with Crippen molar-refractivity contribution < 1.29 is 4.79 Å². The van der Waals surface area contributed by atoms with Crippen molar-refractivity contribution >= 4 is 16.7 Å². The van der Waals surface area contributed by atoms with Crippen LogP contribution in [0.3, 0.4) is 0 Å². The molecule has 6 heteroatoms. The van der Waals surface area contributed by atoms with Gasteiger partial charge in [-0.2, -0.15) is 5.10 Å². The molecule has 0 bridgehead atoms. The van der Waals surface area contributed by atoms with Gasteiger partial charge in [-0.3, -0.25) is 14.5 Å². The molecular weight excluding hydrogens is 316 g/mol. The monoisotopic (exact) mass is 340 g/mol. The SMILES string of the molecule is CC=C(C)CN1CCC(CNC(=O)c2n[nH]c(=O)c3ccccc23)C1. The zero-order valence-electron chi connectivity index (χ0n) is 14.7. The molecule has 1 aromatic carbocycles. The standard InChI is InChI=1S/C19H24N4O2/c1-3-13(2)11-23-9-8-14(12-23)10-20-19(25)17-15-6-4-5-7-16(15)18(24)22-21-17/h3-7,14H,8-12H2,1-2H3,(H,20,25)(H,22,24). The third-order valence-electron chi connectivity index (χ3n) is 4.80. The lowest BCUT2D eigenvalue weighted by molar-refractivity contribution is 0.0943. The molecule has 1 aromatic heterocycles. The second-order valence-corrected chi connectivity index (χ2v) is 6.68. The second-order valence-electron chi connectivity index (χ2n) is 6.68. The van der Waals surface area contributed by atoms with Crippen molar-refractivity contribution in [2.75, 3.05) is 26.2 Å². The summed E-state index contributed by atoms with van der Waals surface area (Å²) < 4.78 is 0. The number of aromatic nitrogens is 2. The molecule has 1 aliphatic heterocycles. The fraction of sp³-hybridized carbons (Fsp3) is 0.421. The van der Waals surface area contributed by atoms with Crippen molar-refractivity contribution in [1.82, 2.24) is 20.4 Å². The summed E-state index contributed by atoms with van der Waals surface area (Å²) in [5.74, 6) is 0.207. The summed E-state index contributed by atoms with van der Waals surface area (Å²) in [5.41, 5.74) is 1.36. The zero-order valence-corrected chi connectivity index (χ0v) is 14.7. The van der Waals surface area contributed by atoms with Gasteiger partial charge in [-0.05, 0) is 38.8 Å². The number of hydrogen-bond donors (Lipinski definition) is 2. The average Bonchev–Trinajstić information content (AvgIpc) is 3.07. The Balaban J connectivity index is 1.63. The normalized spacial score (nSPS) is 18.6. The lowest BCUT2D eigenvalue weighted by Crippen LogP contribution is -2.32. The summed E-state index contributed by atoms with van der Waals surface area (Å²) in [6.07, 6.45) is 3.22. The molecule has 132 valence electrons. The fourth-order valence-electron chi connectivity index (χ4n) is 3.28. The Hall–Kier alpha value is -2.47. The number of carbonyl (C=O) groups is 1. The minimum atomic E-state index is -0.280. The van der Waals surface area contributed by atoms with Gasteiger partial charge in [-0.25, -0.2) is 5.10 Å². The molecule has 1 amide bonds. The first kappa shape index (κ1) is 17.4. The third kappa shape index (κ3) is 3.96. The number of allylic oxidation sites excluding steroid dienone is 1. The van der Waals surface area contributed by atoms with Gasteiger partial charge in [0.25, 0.3) is 11.5 Å². The van der Waals surface area contributed by atoms with E-state index in [-0.39, 0.29) is 17.2 Å². The molecule has 2 N–H and O–H groups in total. The van der Waals surface area contributed by atoms with Crippen LogP contribution in [-0.4, -0.2) is 47.2 Å². The molecule has 1 aliphatic rings. The van der Waals surface area contributed by atoms with Crippen molar-refractivity contribution in [1.29, 1.82) is 0 Å². The van der Waals surface area contributed by atoms with Crippen LogP contribution in [0.4, 0.5) is 0 Å². The molecule has 2 aromatic rings. The van der Waals surface area contributed by atoms with Crippen LogP contribution in [0, 0.1) is 5.92 Å². The van der Waals surface area contributed by atoms with Gasteiger partial charge in [0.05, 0.1) is 5.39 Å². The van der Waals surface area contributed by atoms with Crippen LogP contribution in [0.1, 0.15) is 30.8 Å². The highest BCUT2D eigenvalue weighted by Crippen LogP contribution is 2.17. The van der Waals surface area contributed by atoms with Gasteiger partial charge < -0.3 is 5.32 Å². The number of nitrogens with one attached hydrogen (secondary N) is 2. The van der Waals surface area contributed by atoms with Crippen LogP contribution in [0.25, 0.3) is 10.8 Å². The van der Waals surface area contributed by atoms with E-state index in [1.165, 1.54) is 5.57 Å². The topological polar surface area (TPSA) is 78.1 Å². The molecule has 2 heterocycles. The van der Waals surface area contributed by atoms with Gasteiger partial charge in [-0.1, -0.05) is 29.8 Å². The van der Waals surface area contributed by atoms with Gasteiger partial charge in [0.15, 0.2) is 5.69 Å². The van der Waals surface area contributed by atoms with E-state index in [2.05, 4.69) is 40.3 Å². The van der Waals surface area contributed by atoms with Crippen LogP contribution in [-0.2, 0) is 0 Å². The summed E-state index contributed by atoms with van der Waals surface area (Å²) in [6, 6.07) is 7.03. The van der Waals surface area contributed by atoms with Crippen molar-refractivity contribution in [3.05, 3.63) is 52.0 Å². The summed E-state index contributed by atoms with van der Waals surface area (Å²) in [4.78, 5) is 26.7. The zero-order chi connectivity index (χ0) is 17.8. The number of H-pyrrole nitrogens is 1. The first-order chi connectivity index (χ1) is 12.1. The van der Waals surface area contributed by atoms with E-state index in [1.54, 1.807) is 24.3 Å². The van der Waals surface area contributed by atoms with Gasteiger partial charge in [0.1, 0.15) is 0 Å². The summed E-state index contributed by atoms with van der Waals surface area (Å²) in [5, 5.41) is 10.4. The number of carbonyl (C=O) groups excluding carboxylic acids is 1. The number of benzene rings is 1. The highest BCUT2D eigenvalue weighted by atomic mass is 16.2. The van der Waals surface area contributed by atoms with Crippen LogP contribution in [0.15, 0.2) is 40.7 Å². The summed E-state index contributed by atoms with van der Waals surface area (Å²) in [6.45, 7) is 7.87. The Labute approximate surface area is 146 Å². The number of likely N-dealkylation sites (tertiary alicyclic amines) is 1. The van der Waals surface area contributed by atoms with E-state index in [9.17, 15) is 9.59 Å². The summed E-state index contributed by atoms with van der Waals surface area (Å²) in [7, 11) is 0. The molecule has 0 spiro atoms. The van der Waals surface area contributed by atoms with E-state index in [0.29, 0.717) is 23.2 Å². The Bertz CT molecular complexity index is 856. The number of amides is 1.